The van der Waals surface area contributed by atoms with E-state index in [9.17, 15) is 5.11 Å². The van der Waals surface area contributed by atoms with Gasteiger partial charge in [-0.1, -0.05) is 0 Å². The number of aliphatic hydroxyl groups is 1. The second-order valence-corrected chi connectivity index (χ2v) is 4.60. The van der Waals surface area contributed by atoms with E-state index in [0.717, 1.165) is 6.04 Å². The van der Waals surface area contributed by atoms with Crippen molar-refractivity contribution in [2.75, 3.05) is 26.2 Å². The highest BCUT2D eigenvalue weighted by atomic mass is 16.3. The number of hydrogen-bond donors (Lipinski definition) is 2. The Hall–Kier alpha value is -0.120. The van der Waals surface area contributed by atoms with E-state index in [4.69, 9.17) is 0 Å². The predicted molar refractivity (Wildman–Crippen MR) is 57.3 cm³/mol. The van der Waals surface area contributed by atoms with Crippen LogP contribution in [0.5, 0.6) is 0 Å². The minimum absolute atomic E-state index is 0.345. The molecule has 2 aliphatic heterocycles. The first kappa shape index (κ1) is 10.4. The monoisotopic (exact) mass is 198 g/mol. The Morgan fingerprint density at radius 2 is 2.21 bits per heavy atom. The fourth-order valence-electron chi connectivity index (χ4n) is 2.72. The Morgan fingerprint density at radius 3 is 2.93 bits per heavy atom. The number of rotatable bonds is 4. The van der Waals surface area contributed by atoms with Crippen molar-refractivity contribution < 1.29 is 5.11 Å². The molecule has 3 nitrogen and oxygen atoms in total. The van der Waals surface area contributed by atoms with Gasteiger partial charge < -0.3 is 10.4 Å². The van der Waals surface area contributed by atoms with Gasteiger partial charge in [-0.05, 0) is 45.2 Å². The molecule has 2 heterocycles. The lowest BCUT2D eigenvalue weighted by atomic mass is 10.1. The zero-order chi connectivity index (χ0) is 9.80. The third kappa shape index (κ3) is 2.47. The molecule has 14 heavy (non-hydrogen) atoms. The van der Waals surface area contributed by atoms with Gasteiger partial charge >= 0.3 is 0 Å². The summed E-state index contributed by atoms with van der Waals surface area (Å²) in [6.45, 7) is 3.91. The van der Waals surface area contributed by atoms with E-state index in [1.807, 2.05) is 0 Å². The van der Waals surface area contributed by atoms with E-state index in [1.165, 1.54) is 51.7 Å². The van der Waals surface area contributed by atoms with Gasteiger partial charge in [-0.25, -0.2) is 0 Å². The third-order valence-electron chi connectivity index (χ3n) is 3.64. The van der Waals surface area contributed by atoms with Crippen molar-refractivity contribution in [3.63, 3.8) is 0 Å². The van der Waals surface area contributed by atoms with Crippen LogP contribution >= 0.6 is 0 Å². The molecule has 0 amide bonds. The zero-order valence-corrected chi connectivity index (χ0v) is 8.91. The largest absolute Gasteiger partial charge is 0.395 e. The Bertz CT molecular complexity index is 169. The van der Waals surface area contributed by atoms with Gasteiger partial charge in [-0.15, -0.1) is 0 Å². The summed E-state index contributed by atoms with van der Waals surface area (Å²) >= 11 is 0. The van der Waals surface area contributed by atoms with E-state index >= 15 is 0 Å². The Morgan fingerprint density at radius 1 is 1.29 bits per heavy atom. The van der Waals surface area contributed by atoms with Crippen molar-refractivity contribution in [1.29, 1.82) is 0 Å². The first-order valence-electron chi connectivity index (χ1n) is 5.98. The van der Waals surface area contributed by atoms with E-state index in [2.05, 4.69) is 10.2 Å². The molecule has 0 radical (unpaired) electrons. The highest BCUT2D eigenvalue weighted by Gasteiger charge is 2.24. The second-order valence-electron chi connectivity index (χ2n) is 4.60. The molecule has 2 unspecified atom stereocenters. The molecule has 0 saturated carbocycles. The summed E-state index contributed by atoms with van der Waals surface area (Å²) in [4.78, 5) is 2.46. The molecule has 0 aliphatic carbocycles. The van der Waals surface area contributed by atoms with Crippen LogP contribution in [0.3, 0.4) is 0 Å². The summed E-state index contributed by atoms with van der Waals surface area (Å²) in [6, 6.07) is 1.20. The predicted octanol–water partition coefficient (Wildman–Crippen LogP) is 0.585. The van der Waals surface area contributed by atoms with E-state index in [-0.39, 0.29) is 0 Å². The highest BCUT2D eigenvalue weighted by Crippen LogP contribution is 2.18. The normalized spacial score (nSPS) is 34.1. The highest BCUT2D eigenvalue weighted by molar-refractivity contribution is 4.81. The summed E-state index contributed by atoms with van der Waals surface area (Å²) in [5.41, 5.74) is 0. The number of aliphatic hydroxyl groups excluding tert-OH is 1. The van der Waals surface area contributed by atoms with Gasteiger partial charge in [0.15, 0.2) is 0 Å². The van der Waals surface area contributed by atoms with Gasteiger partial charge in [0.25, 0.3) is 0 Å². The molecule has 0 aromatic rings. The lowest BCUT2D eigenvalue weighted by molar-refractivity contribution is 0.155. The lowest BCUT2D eigenvalue weighted by Gasteiger charge is -2.24. The number of nitrogens with one attached hydrogen (secondary N) is 1. The minimum atomic E-state index is 0.345. The van der Waals surface area contributed by atoms with Crippen LogP contribution in [0.4, 0.5) is 0 Å². The quantitative estimate of drug-likeness (QED) is 0.694. The molecule has 3 heteroatoms. The molecule has 0 bridgehead atoms. The molecule has 2 rings (SSSR count). The lowest BCUT2D eigenvalue weighted by Crippen LogP contribution is -2.36. The topological polar surface area (TPSA) is 35.5 Å². The van der Waals surface area contributed by atoms with Crippen molar-refractivity contribution in [1.82, 2.24) is 10.2 Å². The molecule has 2 fully saturated rings. The van der Waals surface area contributed by atoms with Gasteiger partial charge in [0.05, 0.1) is 6.61 Å². The van der Waals surface area contributed by atoms with Crippen LogP contribution in [0.15, 0.2) is 0 Å². The Kier molecular flexibility index (Phi) is 3.79. The average molecular weight is 198 g/mol. The van der Waals surface area contributed by atoms with E-state index < -0.39 is 0 Å². The molecule has 0 aromatic carbocycles. The number of nitrogens with zero attached hydrogens (tertiary/aromatic N) is 1. The first-order valence-corrected chi connectivity index (χ1v) is 5.98. The average Bonchev–Trinajstić information content (AvgIpc) is 2.85. The summed E-state index contributed by atoms with van der Waals surface area (Å²) in [6.07, 6.45) is 6.40. The summed E-state index contributed by atoms with van der Waals surface area (Å²) in [5, 5.41) is 12.7. The Labute approximate surface area is 86.5 Å². The van der Waals surface area contributed by atoms with Gasteiger partial charge in [-0.3, -0.25) is 4.90 Å². The van der Waals surface area contributed by atoms with Crippen molar-refractivity contribution in [2.45, 2.75) is 44.2 Å². The van der Waals surface area contributed by atoms with Crippen LogP contribution in [0.2, 0.25) is 0 Å². The van der Waals surface area contributed by atoms with Crippen molar-refractivity contribution in [3.8, 4) is 0 Å². The maximum absolute atomic E-state index is 9.17. The molecule has 2 saturated heterocycles. The molecular formula is C11H22N2O. The van der Waals surface area contributed by atoms with Crippen LogP contribution in [-0.2, 0) is 0 Å². The van der Waals surface area contributed by atoms with Crippen LogP contribution in [0.1, 0.15) is 32.1 Å². The maximum atomic E-state index is 9.17. The maximum Gasteiger partial charge on any atom is 0.0586 e. The fourth-order valence-corrected chi connectivity index (χ4v) is 2.72. The van der Waals surface area contributed by atoms with Crippen LogP contribution in [0, 0.1) is 0 Å². The molecule has 82 valence electrons. The van der Waals surface area contributed by atoms with Crippen molar-refractivity contribution >= 4 is 0 Å². The molecular weight excluding hydrogens is 176 g/mol. The molecule has 2 atom stereocenters. The number of likely N-dealkylation sites (tertiary alicyclic amines) is 1. The van der Waals surface area contributed by atoms with Gasteiger partial charge in [0, 0.05) is 18.6 Å². The second kappa shape index (κ2) is 5.10. The zero-order valence-electron chi connectivity index (χ0n) is 8.91. The number of hydrogen-bond acceptors (Lipinski definition) is 3. The Balaban J connectivity index is 1.68. The summed E-state index contributed by atoms with van der Waals surface area (Å²) in [5.74, 6) is 0. The molecule has 0 aromatic heterocycles. The third-order valence-corrected chi connectivity index (χ3v) is 3.64. The van der Waals surface area contributed by atoms with Gasteiger partial charge in [0.1, 0.15) is 0 Å². The summed E-state index contributed by atoms with van der Waals surface area (Å²) < 4.78 is 0. The van der Waals surface area contributed by atoms with Crippen LogP contribution < -0.4 is 5.32 Å². The molecule has 2 N–H and O–H groups in total. The van der Waals surface area contributed by atoms with Crippen molar-refractivity contribution in [3.05, 3.63) is 0 Å². The summed E-state index contributed by atoms with van der Waals surface area (Å²) in [7, 11) is 0. The van der Waals surface area contributed by atoms with Crippen molar-refractivity contribution in [2.24, 2.45) is 0 Å². The first-order chi connectivity index (χ1) is 6.90. The molecule has 0 spiro atoms. The minimum Gasteiger partial charge on any atom is -0.395 e. The van der Waals surface area contributed by atoms with E-state index in [1.54, 1.807) is 0 Å². The van der Waals surface area contributed by atoms with Gasteiger partial charge in [0.2, 0.25) is 0 Å². The van der Waals surface area contributed by atoms with E-state index in [0.29, 0.717) is 12.6 Å². The fraction of sp³-hybridized carbons (Fsp3) is 1.00. The van der Waals surface area contributed by atoms with Crippen LogP contribution in [0.25, 0.3) is 0 Å². The standard InChI is InChI=1S/C11H22N2O/c14-9-11-4-2-7-13(11)8-5-10-3-1-6-12-10/h10-12,14H,1-9H2. The van der Waals surface area contributed by atoms with Gasteiger partial charge in [-0.2, -0.15) is 0 Å². The smallest absolute Gasteiger partial charge is 0.0586 e. The molecule has 2 aliphatic rings. The SMILES string of the molecule is OCC1CCCN1CCC1CCCN1. The van der Waals surface area contributed by atoms with Crippen LogP contribution in [-0.4, -0.2) is 48.3 Å².